The molecule has 0 saturated heterocycles. The van der Waals surface area contributed by atoms with Gasteiger partial charge in [-0.15, -0.1) is 0 Å². The zero-order valence-electron chi connectivity index (χ0n) is 24.4. The van der Waals surface area contributed by atoms with E-state index in [0.29, 0.717) is 22.2 Å². The molecule has 2 atom stereocenters. The molecule has 4 aromatic rings. The summed E-state index contributed by atoms with van der Waals surface area (Å²) in [6.07, 6.45) is 1.21. The fourth-order valence-electron chi connectivity index (χ4n) is 4.86. The monoisotopic (exact) mass is 606 g/mol. The topological polar surface area (TPSA) is 84.7 Å². The van der Waals surface area contributed by atoms with Gasteiger partial charge in [0.1, 0.15) is 11.8 Å². The van der Waals surface area contributed by atoms with Crippen molar-refractivity contribution in [2.45, 2.75) is 59.7 Å². The van der Waals surface area contributed by atoms with Crippen molar-refractivity contribution < 1.29 is 14.3 Å². The summed E-state index contributed by atoms with van der Waals surface area (Å²) in [6, 6.07) is 20.6. The van der Waals surface area contributed by atoms with Crippen LogP contribution in [0.5, 0.6) is 5.75 Å². The van der Waals surface area contributed by atoms with Gasteiger partial charge in [0.2, 0.25) is 0 Å². The molecule has 7 nitrogen and oxygen atoms in total. The molecular formula is C33H36Cl2N4O3. The van der Waals surface area contributed by atoms with E-state index in [1.54, 1.807) is 25.3 Å². The SMILES string of the molecule is Cc1cccc(Cn2c(C)c(/C=N\NC(=O)[C@H](CC(C)C)NC(=O)[C@@H](C)Oc3ccc(Cl)cc3Cl)c3ccccc32)c1. The summed E-state index contributed by atoms with van der Waals surface area (Å²) in [5.41, 5.74) is 8.10. The number of aromatic nitrogens is 1. The Morgan fingerprint density at radius 2 is 1.74 bits per heavy atom. The van der Waals surface area contributed by atoms with Gasteiger partial charge in [0.15, 0.2) is 6.10 Å². The number of rotatable bonds is 11. The number of aryl methyl sites for hydroxylation is 1. The van der Waals surface area contributed by atoms with Gasteiger partial charge in [-0.05, 0) is 62.9 Å². The lowest BCUT2D eigenvalue weighted by molar-refractivity contribution is -0.132. The number of hydrazone groups is 1. The number of para-hydroxylation sites is 1. The van der Waals surface area contributed by atoms with Crippen molar-refractivity contribution in [2.75, 3.05) is 0 Å². The highest BCUT2D eigenvalue weighted by molar-refractivity contribution is 6.35. The van der Waals surface area contributed by atoms with Crippen molar-refractivity contribution in [1.82, 2.24) is 15.3 Å². The predicted molar refractivity (Wildman–Crippen MR) is 171 cm³/mol. The average molecular weight is 608 g/mol. The fraction of sp³-hybridized carbons (Fsp3) is 0.303. The van der Waals surface area contributed by atoms with Crippen LogP contribution < -0.4 is 15.5 Å². The summed E-state index contributed by atoms with van der Waals surface area (Å²) in [6.45, 7) is 10.4. The molecule has 2 amide bonds. The summed E-state index contributed by atoms with van der Waals surface area (Å²) in [5, 5.41) is 8.90. The van der Waals surface area contributed by atoms with Crippen molar-refractivity contribution in [2.24, 2.45) is 11.0 Å². The summed E-state index contributed by atoms with van der Waals surface area (Å²) in [5.74, 6) is -0.379. The van der Waals surface area contributed by atoms with Gasteiger partial charge >= 0.3 is 0 Å². The first-order chi connectivity index (χ1) is 20.0. The van der Waals surface area contributed by atoms with Gasteiger partial charge in [0.05, 0.1) is 11.2 Å². The number of hydrogen-bond acceptors (Lipinski definition) is 4. The van der Waals surface area contributed by atoms with E-state index in [-0.39, 0.29) is 5.92 Å². The van der Waals surface area contributed by atoms with E-state index in [9.17, 15) is 9.59 Å². The molecule has 0 unspecified atom stereocenters. The van der Waals surface area contributed by atoms with Crippen LogP contribution in [0.1, 0.15) is 49.6 Å². The molecule has 0 radical (unpaired) electrons. The van der Waals surface area contributed by atoms with Crippen LogP contribution in [-0.4, -0.2) is 34.7 Å². The Labute approximate surface area is 256 Å². The maximum Gasteiger partial charge on any atom is 0.262 e. The Kier molecular flexibility index (Phi) is 10.3. The third kappa shape index (κ3) is 7.72. The molecule has 0 aliphatic heterocycles. The lowest BCUT2D eigenvalue weighted by atomic mass is 10.0. The molecule has 9 heteroatoms. The number of nitrogens with zero attached hydrogens (tertiary/aromatic N) is 2. The zero-order valence-corrected chi connectivity index (χ0v) is 26.0. The van der Waals surface area contributed by atoms with Crippen LogP contribution in [0.2, 0.25) is 10.0 Å². The molecule has 1 aromatic heterocycles. The quantitative estimate of drug-likeness (QED) is 0.141. The maximum absolute atomic E-state index is 13.2. The molecular weight excluding hydrogens is 571 g/mol. The molecule has 1 heterocycles. The van der Waals surface area contributed by atoms with E-state index in [1.165, 1.54) is 17.2 Å². The molecule has 0 spiro atoms. The van der Waals surface area contributed by atoms with Gasteiger partial charge in [-0.2, -0.15) is 5.10 Å². The first kappa shape index (κ1) is 31.1. The highest BCUT2D eigenvalue weighted by Gasteiger charge is 2.25. The Bertz CT molecular complexity index is 1610. The molecule has 3 aromatic carbocycles. The number of nitrogens with one attached hydrogen (secondary N) is 2. The first-order valence-electron chi connectivity index (χ1n) is 13.9. The number of fused-ring (bicyclic) bond motifs is 1. The number of carbonyl (C=O) groups excluding carboxylic acids is 2. The average Bonchev–Trinajstić information content (AvgIpc) is 3.20. The summed E-state index contributed by atoms with van der Waals surface area (Å²) in [4.78, 5) is 26.1. The Morgan fingerprint density at radius 3 is 2.45 bits per heavy atom. The first-order valence-corrected chi connectivity index (χ1v) is 14.7. The molecule has 0 bridgehead atoms. The summed E-state index contributed by atoms with van der Waals surface area (Å²) in [7, 11) is 0. The second-order valence-electron chi connectivity index (χ2n) is 10.9. The Morgan fingerprint density at radius 1 is 0.976 bits per heavy atom. The Balaban J connectivity index is 1.48. The second kappa shape index (κ2) is 13.9. The van der Waals surface area contributed by atoms with Gasteiger partial charge in [-0.3, -0.25) is 9.59 Å². The van der Waals surface area contributed by atoms with Crippen LogP contribution in [0.25, 0.3) is 10.9 Å². The smallest absolute Gasteiger partial charge is 0.262 e. The number of hydrogen-bond donors (Lipinski definition) is 2. The van der Waals surface area contributed by atoms with Crippen LogP contribution in [0.15, 0.2) is 71.8 Å². The van der Waals surface area contributed by atoms with E-state index < -0.39 is 24.0 Å². The number of ether oxygens (including phenoxy) is 1. The second-order valence-corrected chi connectivity index (χ2v) is 11.7. The van der Waals surface area contributed by atoms with Crippen LogP contribution in [-0.2, 0) is 16.1 Å². The molecule has 42 heavy (non-hydrogen) atoms. The number of halogens is 2. The van der Waals surface area contributed by atoms with Crippen LogP contribution in [0.3, 0.4) is 0 Å². The molecule has 0 saturated carbocycles. The lowest BCUT2D eigenvalue weighted by Gasteiger charge is -2.22. The predicted octanol–water partition coefficient (Wildman–Crippen LogP) is 7.06. The largest absolute Gasteiger partial charge is 0.479 e. The summed E-state index contributed by atoms with van der Waals surface area (Å²) < 4.78 is 7.98. The number of amides is 2. The minimum Gasteiger partial charge on any atom is -0.479 e. The molecule has 0 aliphatic carbocycles. The van der Waals surface area contributed by atoms with E-state index in [2.05, 4.69) is 64.6 Å². The van der Waals surface area contributed by atoms with Crippen molar-refractivity contribution in [1.29, 1.82) is 0 Å². The van der Waals surface area contributed by atoms with Crippen molar-refractivity contribution in [3.05, 3.63) is 99.2 Å². The zero-order chi connectivity index (χ0) is 30.4. The highest BCUT2D eigenvalue weighted by Crippen LogP contribution is 2.28. The van der Waals surface area contributed by atoms with Crippen molar-refractivity contribution in [3.63, 3.8) is 0 Å². The Hall–Kier alpha value is -3.81. The minimum absolute atomic E-state index is 0.147. The minimum atomic E-state index is -0.892. The third-order valence-corrected chi connectivity index (χ3v) is 7.51. The fourth-order valence-corrected chi connectivity index (χ4v) is 5.32. The van der Waals surface area contributed by atoms with Gasteiger partial charge in [0.25, 0.3) is 11.8 Å². The van der Waals surface area contributed by atoms with E-state index in [4.69, 9.17) is 27.9 Å². The summed E-state index contributed by atoms with van der Waals surface area (Å²) >= 11 is 12.1. The molecule has 4 rings (SSSR count). The van der Waals surface area contributed by atoms with Crippen LogP contribution in [0, 0.1) is 19.8 Å². The highest BCUT2D eigenvalue weighted by atomic mass is 35.5. The van der Waals surface area contributed by atoms with Crippen molar-refractivity contribution >= 4 is 52.1 Å². The standard InChI is InChI=1S/C33H36Cl2N4O3/c1-20(2)15-29(37-32(40)23(5)42-31-14-13-25(34)17-28(31)35)33(41)38-36-18-27-22(4)39(30-12-7-6-11-26(27)30)19-24-10-8-9-21(3)16-24/h6-14,16-18,20,23,29H,15,19H2,1-5H3,(H,37,40)(H,38,41)/b36-18-/t23-,29+/m1/s1. The normalized spacial score (nSPS) is 13.0. The van der Waals surface area contributed by atoms with Gasteiger partial charge < -0.3 is 14.6 Å². The molecule has 0 aliphatic rings. The van der Waals surface area contributed by atoms with Gasteiger partial charge in [-0.1, -0.05) is 85.1 Å². The number of carbonyl (C=O) groups is 2. The third-order valence-electron chi connectivity index (χ3n) is 6.98. The van der Waals surface area contributed by atoms with Crippen molar-refractivity contribution in [3.8, 4) is 5.75 Å². The van der Waals surface area contributed by atoms with E-state index in [1.807, 2.05) is 32.0 Å². The molecule has 0 fully saturated rings. The lowest BCUT2D eigenvalue weighted by Crippen LogP contribution is -2.49. The van der Waals surface area contributed by atoms with Crippen LogP contribution in [0.4, 0.5) is 0 Å². The number of benzene rings is 3. The maximum atomic E-state index is 13.2. The van der Waals surface area contributed by atoms with E-state index >= 15 is 0 Å². The molecule has 220 valence electrons. The van der Waals surface area contributed by atoms with Gasteiger partial charge in [0, 0.05) is 33.7 Å². The van der Waals surface area contributed by atoms with E-state index in [0.717, 1.165) is 28.7 Å². The molecule has 2 N–H and O–H groups in total. The van der Waals surface area contributed by atoms with Crippen LogP contribution >= 0.6 is 23.2 Å². The van der Waals surface area contributed by atoms with Gasteiger partial charge in [-0.25, -0.2) is 5.43 Å².